The Kier molecular flexibility index (Phi) is 4.76. The van der Waals surface area contributed by atoms with Crippen LogP contribution in [-0.2, 0) is 14.3 Å². The van der Waals surface area contributed by atoms with Crippen LogP contribution in [0.3, 0.4) is 0 Å². The molecule has 5 nitrogen and oxygen atoms in total. The first-order chi connectivity index (χ1) is 8.31. The second-order valence-electron chi connectivity index (χ2n) is 4.75. The monoisotopic (exact) mass is 242 g/mol. The molecule has 2 rings (SSSR count). The highest BCUT2D eigenvalue weighted by Gasteiger charge is 2.36. The van der Waals surface area contributed by atoms with Gasteiger partial charge in [-0.3, -0.25) is 9.69 Å². The minimum Gasteiger partial charge on any atom is -0.468 e. The van der Waals surface area contributed by atoms with E-state index in [9.17, 15) is 4.79 Å². The summed E-state index contributed by atoms with van der Waals surface area (Å²) in [7, 11) is 1.46. The van der Waals surface area contributed by atoms with Crippen molar-refractivity contribution >= 4 is 5.97 Å². The van der Waals surface area contributed by atoms with Gasteiger partial charge in [-0.2, -0.15) is 0 Å². The Morgan fingerprint density at radius 1 is 1.47 bits per heavy atom. The van der Waals surface area contributed by atoms with E-state index in [-0.39, 0.29) is 12.0 Å². The van der Waals surface area contributed by atoms with Gasteiger partial charge in [0.1, 0.15) is 6.04 Å². The average Bonchev–Trinajstić information content (AvgIpc) is 3.19. The lowest BCUT2D eigenvalue weighted by Gasteiger charge is -2.27. The molecular formula is C12H22N2O3. The third kappa shape index (κ3) is 3.94. The third-order valence-corrected chi connectivity index (χ3v) is 3.44. The molecule has 1 heterocycles. The first-order valence-electron chi connectivity index (χ1n) is 6.42. The van der Waals surface area contributed by atoms with Crippen molar-refractivity contribution in [2.75, 3.05) is 46.5 Å². The van der Waals surface area contributed by atoms with E-state index in [1.54, 1.807) is 0 Å². The van der Waals surface area contributed by atoms with Crippen LogP contribution in [0, 0.1) is 5.92 Å². The quantitative estimate of drug-likeness (QED) is 0.657. The summed E-state index contributed by atoms with van der Waals surface area (Å²) in [6.45, 7) is 5.45. The number of hydrogen-bond donors (Lipinski definition) is 1. The lowest BCUT2D eigenvalue weighted by molar-refractivity contribution is -0.143. The molecule has 1 saturated heterocycles. The fraction of sp³-hybridized carbons (Fsp3) is 0.917. The summed E-state index contributed by atoms with van der Waals surface area (Å²) in [5.74, 6) is 0.376. The Hall–Kier alpha value is -0.650. The molecule has 2 aliphatic rings. The fourth-order valence-electron chi connectivity index (χ4n) is 2.20. The summed E-state index contributed by atoms with van der Waals surface area (Å²) in [4.78, 5) is 13.9. The van der Waals surface area contributed by atoms with Gasteiger partial charge in [0.25, 0.3) is 0 Å². The average molecular weight is 242 g/mol. The molecule has 1 aliphatic carbocycles. The molecule has 0 amide bonds. The Morgan fingerprint density at radius 3 is 2.76 bits per heavy atom. The SMILES string of the molecule is COC(=O)C(NCCN1CCOCC1)C1CC1. The summed E-state index contributed by atoms with van der Waals surface area (Å²) < 4.78 is 10.1. The Labute approximate surface area is 102 Å². The molecule has 0 radical (unpaired) electrons. The fourth-order valence-corrected chi connectivity index (χ4v) is 2.20. The normalized spacial score (nSPS) is 23.4. The maximum Gasteiger partial charge on any atom is 0.323 e. The molecule has 2 fully saturated rings. The molecule has 17 heavy (non-hydrogen) atoms. The lowest BCUT2D eigenvalue weighted by atomic mass is 10.2. The number of morpholine rings is 1. The van der Waals surface area contributed by atoms with E-state index in [2.05, 4.69) is 10.2 Å². The minimum atomic E-state index is -0.116. The van der Waals surface area contributed by atoms with Crippen LogP contribution >= 0.6 is 0 Å². The van der Waals surface area contributed by atoms with Gasteiger partial charge < -0.3 is 14.8 Å². The highest BCUT2D eigenvalue weighted by molar-refractivity contribution is 5.76. The molecule has 1 N–H and O–H groups in total. The number of ether oxygens (including phenoxy) is 2. The van der Waals surface area contributed by atoms with E-state index >= 15 is 0 Å². The molecule has 0 aromatic rings. The smallest absolute Gasteiger partial charge is 0.323 e. The van der Waals surface area contributed by atoms with Crippen molar-refractivity contribution in [2.45, 2.75) is 18.9 Å². The van der Waals surface area contributed by atoms with Gasteiger partial charge >= 0.3 is 5.97 Å². The van der Waals surface area contributed by atoms with Gasteiger partial charge in [0.2, 0.25) is 0 Å². The van der Waals surface area contributed by atoms with Crippen LogP contribution in [0.1, 0.15) is 12.8 Å². The second kappa shape index (κ2) is 6.33. The van der Waals surface area contributed by atoms with E-state index in [1.165, 1.54) is 7.11 Å². The largest absolute Gasteiger partial charge is 0.468 e. The number of nitrogens with zero attached hydrogens (tertiary/aromatic N) is 1. The van der Waals surface area contributed by atoms with Crippen LogP contribution in [0.2, 0.25) is 0 Å². The van der Waals surface area contributed by atoms with Gasteiger partial charge in [0, 0.05) is 26.2 Å². The molecule has 1 saturated carbocycles. The van der Waals surface area contributed by atoms with Crippen LogP contribution in [0.25, 0.3) is 0 Å². The van der Waals surface area contributed by atoms with E-state index in [1.807, 2.05) is 0 Å². The van der Waals surface area contributed by atoms with Crippen molar-refractivity contribution in [1.29, 1.82) is 0 Å². The van der Waals surface area contributed by atoms with Gasteiger partial charge in [-0.15, -0.1) is 0 Å². The standard InChI is InChI=1S/C12H22N2O3/c1-16-12(15)11(10-2-3-10)13-4-5-14-6-8-17-9-7-14/h10-11,13H,2-9H2,1H3. The third-order valence-electron chi connectivity index (χ3n) is 3.44. The number of hydrogen-bond acceptors (Lipinski definition) is 5. The zero-order valence-corrected chi connectivity index (χ0v) is 10.5. The predicted molar refractivity (Wildman–Crippen MR) is 63.8 cm³/mol. The van der Waals surface area contributed by atoms with Crippen molar-refractivity contribution in [2.24, 2.45) is 5.92 Å². The number of esters is 1. The summed E-state index contributed by atoms with van der Waals surface area (Å²) in [5.41, 5.74) is 0. The van der Waals surface area contributed by atoms with Crippen molar-refractivity contribution in [3.8, 4) is 0 Å². The lowest BCUT2D eigenvalue weighted by Crippen LogP contribution is -2.45. The van der Waals surface area contributed by atoms with Crippen molar-refractivity contribution in [3.05, 3.63) is 0 Å². The number of nitrogens with one attached hydrogen (secondary N) is 1. The van der Waals surface area contributed by atoms with Crippen molar-refractivity contribution in [1.82, 2.24) is 10.2 Å². The summed E-state index contributed by atoms with van der Waals surface area (Å²) in [6, 6.07) is -0.0963. The van der Waals surface area contributed by atoms with Gasteiger partial charge in [-0.1, -0.05) is 0 Å². The van der Waals surface area contributed by atoms with Crippen LogP contribution in [0.15, 0.2) is 0 Å². The van der Waals surface area contributed by atoms with E-state index in [0.717, 1.165) is 52.2 Å². The summed E-state index contributed by atoms with van der Waals surface area (Å²) >= 11 is 0. The molecule has 5 heteroatoms. The van der Waals surface area contributed by atoms with Crippen LogP contribution in [-0.4, -0.2) is 63.4 Å². The van der Waals surface area contributed by atoms with Crippen molar-refractivity contribution < 1.29 is 14.3 Å². The van der Waals surface area contributed by atoms with Gasteiger partial charge in [-0.05, 0) is 18.8 Å². The predicted octanol–water partition coefficient (Wildman–Crippen LogP) is -0.140. The first kappa shape index (κ1) is 12.8. The van der Waals surface area contributed by atoms with Gasteiger partial charge in [0.05, 0.1) is 20.3 Å². The molecule has 1 unspecified atom stereocenters. The van der Waals surface area contributed by atoms with Crippen LogP contribution < -0.4 is 5.32 Å². The minimum absolute atomic E-state index is 0.0963. The molecule has 0 spiro atoms. The zero-order chi connectivity index (χ0) is 12.1. The van der Waals surface area contributed by atoms with Gasteiger partial charge in [-0.25, -0.2) is 0 Å². The Bertz CT molecular complexity index is 250. The molecule has 1 aliphatic heterocycles. The molecular weight excluding hydrogens is 220 g/mol. The van der Waals surface area contributed by atoms with Gasteiger partial charge in [0.15, 0.2) is 0 Å². The number of carbonyl (C=O) groups excluding carboxylic acids is 1. The Morgan fingerprint density at radius 2 is 2.18 bits per heavy atom. The van der Waals surface area contributed by atoms with Crippen molar-refractivity contribution in [3.63, 3.8) is 0 Å². The number of rotatable bonds is 6. The maximum atomic E-state index is 11.6. The van der Waals surface area contributed by atoms with Crippen LogP contribution in [0.4, 0.5) is 0 Å². The van der Waals surface area contributed by atoms with E-state index < -0.39 is 0 Å². The molecule has 0 aromatic heterocycles. The topological polar surface area (TPSA) is 50.8 Å². The number of methoxy groups -OCH3 is 1. The number of carbonyl (C=O) groups is 1. The molecule has 98 valence electrons. The maximum absolute atomic E-state index is 11.6. The highest BCUT2D eigenvalue weighted by Crippen LogP contribution is 2.33. The molecule has 0 bridgehead atoms. The highest BCUT2D eigenvalue weighted by atomic mass is 16.5. The summed E-state index contributed by atoms with van der Waals surface area (Å²) in [5, 5.41) is 3.32. The first-order valence-corrected chi connectivity index (χ1v) is 6.42. The zero-order valence-electron chi connectivity index (χ0n) is 10.5. The summed E-state index contributed by atoms with van der Waals surface area (Å²) in [6.07, 6.45) is 2.29. The van der Waals surface area contributed by atoms with Crippen LogP contribution in [0.5, 0.6) is 0 Å². The molecule has 1 atom stereocenters. The Balaban J connectivity index is 1.66. The molecule has 0 aromatic carbocycles. The van der Waals surface area contributed by atoms with E-state index in [0.29, 0.717) is 5.92 Å². The second-order valence-corrected chi connectivity index (χ2v) is 4.75. The van der Waals surface area contributed by atoms with E-state index in [4.69, 9.17) is 9.47 Å².